The lowest BCUT2D eigenvalue weighted by atomic mass is 9.83. The molecule has 0 aliphatic rings. The van der Waals surface area contributed by atoms with Gasteiger partial charge in [0, 0.05) is 6.08 Å². The Labute approximate surface area is 159 Å². The molecule has 4 N–H and O–H groups in total. The molecule has 0 aromatic rings. The molecule has 0 aliphatic carbocycles. The van der Waals surface area contributed by atoms with Crippen LogP contribution in [-0.4, -0.2) is 43.9 Å². The minimum atomic E-state index is -2.77. The highest BCUT2D eigenvalue weighted by molar-refractivity contribution is 5.89. The molecule has 0 saturated carbocycles. The van der Waals surface area contributed by atoms with Crippen molar-refractivity contribution >= 4 is 17.9 Å². The SMILES string of the molecule is CC/C(C)=C\CC/C(C)=C/C#N.CCC(C(=O)O)C(O)(CC(=O)O)C(=O)O. The van der Waals surface area contributed by atoms with Crippen molar-refractivity contribution in [3.63, 3.8) is 0 Å². The monoisotopic (exact) mass is 383 g/mol. The Morgan fingerprint density at radius 3 is 2.00 bits per heavy atom. The first-order valence-corrected chi connectivity index (χ1v) is 8.57. The maximum absolute atomic E-state index is 10.7. The molecule has 0 aromatic heterocycles. The van der Waals surface area contributed by atoms with Gasteiger partial charge >= 0.3 is 17.9 Å². The molecule has 0 saturated heterocycles. The number of carboxylic acids is 3. The number of carbonyl (C=O) groups is 3. The summed E-state index contributed by atoms with van der Waals surface area (Å²) in [6.07, 6.45) is 5.73. The fraction of sp³-hybridized carbons (Fsp3) is 0.579. The van der Waals surface area contributed by atoms with Gasteiger partial charge < -0.3 is 20.4 Å². The van der Waals surface area contributed by atoms with Gasteiger partial charge in [0.25, 0.3) is 0 Å². The van der Waals surface area contributed by atoms with Gasteiger partial charge in [-0.25, -0.2) is 4.79 Å². The van der Waals surface area contributed by atoms with Crippen molar-refractivity contribution in [1.82, 2.24) is 0 Å². The van der Waals surface area contributed by atoms with E-state index in [4.69, 9.17) is 20.6 Å². The molecular formula is C19H29NO7. The van der Waals surface area contributed by atoms with E-state index in [0.717, 1.165) is 24.8 Å². The van der Waals surface area contributed by atoms with E-state index in [0.29, 0.717) is 0 Å². The first-order chi connectivity index (χ1) is 12.5. The van der Waals surface area contributed by atoms with Gasteiger partial charge in [-0.3, -0.25) is 9.59 Å². The average molecular weight is 383 g/mol. The van der Waals surface area contributed by atoms with Crippen LogP contribution in [0.25, 0.3) is 0 Å². The van der Waals surface area contributed by atoms with E-state index in [-0.39, 0.29) is 6.42 Å². The van der Waals surface area contributed by atoms with Crippen molar-refractivity contribution < 1.29 is 34.8 Å². The third-order valence-electron chi connectivity index (χ3n) is 3.97. The van der Waals surface area contributed by atoms with Crippen molar-refractivity contribution in [2.24, 2.45) is 5.92 Å². The minimum Gasteiger partial charge on any atom is -0.481 e. The third-order valence-corrected chi connectivity index (χ3v) is 3.97. The Morgan fingerprint density at radius 1 is 1.11 bits per heavy atom. The molecule has 8 heteroatoms. The second-order valence-corrected chi connectivity index (χ2v) is 6.16. The van der Waals surface area contributed by atoms with Crippen LogP contribution in [0.15, 0.2) is 23.3 Å². The van der Waals surface area contributed by atoms with Crippen molar-refractivity contribution in [2.45, 2.75) is 65.4 Å². The quantitative estimate of drug-likeness (QED) is 0.331. The predicted molar refractivity (Wildman–Crippen MR) is 98.9 cm³/mol. The lowest BCUT2D eigenvalue weighted by Gasteiger charge is -2.27. The zero-order valence-electron chi connectivity index (χ0n) is 16.2. The summed E-state index contributed by atoms with van der Waals surface area (Å²) in [7, 11) is 0. The van der Waals surface area contributed by atoms with Gasteiger partial charge in [0.05, 0.1) is 18.4 Å². The average Bonchev–Trinajstić information content (AvgIpc) is 2.54. The summed E-state index contributed by atoms with van der Waals surface area (Å²) in [5, 5.41) is 43.6. The molecule has 0 rings (SSSR count). The lowest BCUT2D eigenvalue weighted by molar-refractivity contribution is -0.179. The van der Waals surface area contributed by atoms with Gasteiger partial charge in [-0.05, 0) is 39.5 Å². The number of nitrogens with zero attached hydrogens (tertiary/aromatic N) is 1. The molecule has 0 spiro atoms. The van der Waals surface area contributed by atoms with Crippen molar-refractivity contribution in [3.05, 3.63) is 23.3 Å². The molecule has 2 unspecified atom stereocenters. The molecule has 2 atom stereocenters. The summed E-state index contributed by atoms with van der Waals surface area (Å²) in [6.45, 7) is 7.65. The van der Waals surface area contributed by atoms with E-state index in [1.807, 2.05) is 13.0 Å². The number of hydrogen-bond acceptors (Lipinski definition) is 5. The first-order valence-electron chi connectivity index (χ1n) is 8.57. The maximum atomic E-state index is 10.7. The second kappa shape index (κ2) is 13.5. The summed E-state index contributed by atoms with van der Waals surface area (Å²) < 4.78 is 0. The van der Waals surface area contributed by atoms with Gasteiger partial charge in [-0.15, -0.1) is 0 Å². The van der Waals surface area contributed by atoms with Crippen LogP contribution in [0.5, 0.6) is 0 Å². The normalized spacial score (nSPS) is 14.8. The third kappa shape index (κ3) is 10.8. The minimum absolute atomic E-state index is 0.175. The fourth-order valence-electron chi connectivity index (χ4n) is 2.17. The Kier molecular flexibility index (Phi) is 13.3. The van der Waals surface area contributed by atoms with Crippen LogP contribution in [0.1, 0.15) is 59.8 Å². The maximum Gasteiger partial charge on any atom is 0.337 e. The zero-order valence-corrected chi connectivity index (χ0v) is 16.2. The Bertz CT molecular complexity index is 616. The highest BCUT2D eigenvalue weighted by Gasteiger charge is 2.49. The van der Waals surface area contributed by atoms with Crippen LogP contribution in [0.4, 0.5) is 0 Å². The molecule has 0 bridgehead atoms. The Hall–Kier alpha value is -2.66. The smallest absolute Gasteiger partial charge is 0.337 e. The van der Waals surface area contributed by atoms with E-state index in [9.17, 15) is 19.5 Å². The van der Waals surface area contributed by atoms with Crippen molar-refractivity contribution in [1.29, 1.82) is 5.26 Å². The molecular weight excluding hydrogens is 354 g/mol. The van der Waals surface area contributed by atoms with Gasteiger partial charge in [-0.1, -0.05) is 31.1 Å². The largest absolute Gasteiger partial charge is 0.481 e. The lowest BCUT2D eigenvalue weighted by Crippen LogP contribution is -2.50. The number of hydrogen-bond donors (Lipinski definition) is 4. The number of rotatable bonds is 10. The highest BCUT2D eigenvalue weighted by atomic mass is 16.4. The molecule has 27 heavy (non-hydrogen) atoms. The molecule has 0 aliphatic heterocycles. The summed E-state index contributed by atoms with van der Waals surface area (Å²) in [5.41, 5.74) is -0.177. The van der Waals surface area contributed by atoms with E-state index < -0.39 is 35.8 Å². The van der Waals surface area contributed by atoms with Crippen LogP contribution in [0, 0.1) is 17.2 Å². The van der Waals surface area contributed by atoms with Gasteiger partial charge in [0.2, 0.25) is 0 Å². The molecule has 0 aromatic carbocycles. The Morgan fingerprint density at radius 2 is 1.67 bits per heavy atom. The van der Waals surface area contributed by atoms with Gasteiger partial charge in [0.15, 0.2) is 5.60 Å². The molecule has 8 nitrogen and oxygen atoms in total. The van der Waals surface area contributed by atoms with Gasteiger partial charge in [-0.2, -0.15) is 5.26 Å². The van der Waals surface area contributed by atoms with Gasteiger partial charge in [0.1, 0.15) is 0 Å². The first kappa shape index (κ1) is 26.6. The molecule has 152 valence electrons. The summed E-state index contributed by atoms with van der Waals surface area (Å²) in [5.74, 6) is -6.60. The van der Waals surface area contributed by atoms with Crippen LogP contribution in [0.2, 0.25) is 0 Å². The topological polar surface area (TPSA) is 156 Å². The number of aliphatic hydroxyl groups is 1. The van der Waals surface area contributed by atoms with Crippen LogP contribution in [0.3, 0.4) is 0 Å². The number of allylic oxidation sites excluding steroid dienone is 4. The van der Waals surface area contributed by atoms with Crippen molar-refractivity contribution in [3.8, 4) is 6.07 Å². The molecule has 0 amide bonds. The number of carboxylic acid groups (broad SMARTS) is 3. The molecule has 0 radical (unpaired) electrons. The van der Waals surface area contributed by atoms with Crippen LogP contribution in [-0.2, 0) is 14.4 Å². The summed E-state index contributed by atoms with van der Waals surface area (Å²) >= 11 is 0. The van der Waals surface area contributed by atoms with Crippen LogP contribution < -0.4 is 0 Å². The molecule has 0 fully saturated rings. The summed E-state index contributed by atoms with van der Waals surface area (Å²) in [4.78, 5) is 31.7. The van der Waals surface area contributed by atoms with Crippen molar-refractivity contribution in [2.75, 3.05) is 0 Å². The van der Waals surface area contributed by atoms with Crippen LogP contribution >= 0.6 is 0 Å². The van der Waals surface area contributed by atoms with E-state index in [2.05, 4.69) is 19.9 Å². The standard InChI is InChI=1S/C11H17N.C8H12O7/c1-4-10(2)6-5-7-11(3)8-9-12;1-2-4(6(11)12)8(15,7(13)14)3-5(9)10/h6,8H,4-5,7H2,1-3H3;4,15H,2-3H2,1H3,(H,9,10)(H,11,12)(H,13,14)/b10-6-,11-8+;. The zero-order chi connectivity index (χ0) is 21.6. The number of nitriles is 1. The predicted octanol–water partition coefficient (Wildman–Crippen LogP) is 2.98. The Balaban J connectivity index is 0. The highest BCUT2D eigenvalue weighted by Crippen LogP contribution is 2.25. The summed E-state index contributed by atoms with van der Waals surface area (Å²) in [6, 6.07) is 2.04. The molecule has 0 heterocycles. The fourth-order valence-corrected chi connectivity index (χ4v) is 2.17. The van der Waals surface area contributed by atoms with E-state index in [1.165, 1.54) is 12.5 Å². The van der Waals surface area contributed by atoms with E-state index in [1.54, 1.807) is 6.08 Å². The second-order valence-electron chi connectivity index (χ2n) is 6.16. The number of aliphatic carboxylic acids is 3. The van der Waals surface area contributed by atoms with E-state index >= 15 is 0 Å².